The molecule has 1 aromatic rings. The molecule has 1 saturated heterocycles. The van der Waals surface area contributed by atoms with Crippen LogP contribution in [0.25, 0.3) is 0 Å². The van der Waals surface area contributed by atoms with Crippen LogP contribution in [0.15, 0.2) is 22.8 Å². The normalized spacial score (nSPS) is 21.9. The van der Waals surface area contributed by atoms with Gasteiger partial charge in [0.2, 0.25) is 5.91 Å². The van der Waals surface area contributed by atoms with Crippen molar-refractivity contribution in [3.63, 3.8) is 0 Å². The molecule has 1 fully saturated rings. The van der Waals surface area contributed by atoms with Crippen LogP contribution in [0.1, 0.15) is 38.0 Å². The quantitative estimate of drug-likeness (QED) is 0.813. The van der Waals surface area contributed by atoms with Gasteiger partial charge in [0.15, 0.2) is 0 Å². The van der Waals surface area contributed by atoms with E-state index >= 15 is 0 Å². The van der Waals surface area contributed by atoms with Crippen molar-refractivity contribution in [3.05, 3.63) is 24.2 Å². The van der Waals surface area contributed by atoms with Gasteiger partial charge in [0.1, 0.15) is 5.76 Å². The van der Waals surface area contributed by atoms with E-state index in [0.717, 1.165) is 18.7 Å². The molecule has 2 atom stereocenters. The molecular formula is C12H18N2O2. The van der Waals surface area contributed by atoms with Crippen molar-refractivity contribution in [2.24, 2.45) is 0 Å². The van der Waals surface area contributed by atoms with Gasteiger partial charge in [0.25, 0.3) is 0 Å². The van der Waals surface area contributed by atoms with E-state index in [1.807, 2.05) is 19.1 Å². The zero-order valence-electron chi connectivity index (χ0n) is 9.53. The van der Waals surface area contributed by atoms with E-state index < -0.39 is 0 Å². The lowest BCUT2D eigenvalue weighted by Gasteiger charge is -2.14. The average molecular weight is 222 g/mol. The minimum Gasteiger partial charge on any atom is -0.467 e. The number of carbonyl (C=O) groups excluding carboxylic acids is 1. The van der Waals surface area contributed by atoms with Crippen LogP contribution in [-0.2, 0) is 4.79 Å². The first-order valence-corrected chi connectivity index (χ1v) is 5.82. The van der Waals surface area contributed by atoms with Crippen molar-refractivity contribution in [1.29, 1.82) is 0 Å². The molecule has 0 bridgehead atoms. The molecule has 1 aromatic heterocycles. The third-order valence-electron chi connectivity index (χ3n) is 2.94. The highest BCUT2D eigenvalue weighted by Crippen LogP contribution is 2.13. The predicted octanol–water partition coefficient (Wildman–Crippen LogP) is 1.60. The summed E-state index contributed by atoms with van der Waals surface area (Å²) in [4.78, 5) is 11.7. The molecule has 4 nitrogen and oxygen atoms in total. The molecule has 4 heteroatoms. The Labute approximate surface area is 95.4 Å². The smallest absolute Gasteiger partial charge is 0.222 e. The van der Waals surface area contributed by atoms with Crippen molar-refractivity contribution in [2.75, 3.05) is 6.54 Å². The van der Waals surface area contributed by atoms with Gasteiger partial charge in [0, 0.05) is 12.5 Å². The lowest BCUT2D eigenvalue weighted by Crippen LogP contribution is -2.33. The van der Waals surface area contributed by atoms with Gasteiger partial charge in [-0.1, -0.05) is 0 Å². The maximum absolute atomic E-state index is 11.7. The van der Waals surface area contributed by atoms with E-state index in [1.165, 1.54) is 6.42 Å². The Hall–Kier alpha value is -1.29. The molecule has 2 rings (SSSR count). The van der Waals surface area contributed by atoms with Gasteiger partial charge >= 0.3 is 0 Å². The number of carbonyl (C=O) groups is 1. The van der Waals surface area contributed by atoms with Gasteiger partial charge in [0.05, 0.1) is 12.3 Å². The Morgan fingerprint density at radius 3 is 3.25 bits per heavy atom. The highest BCUT2D eigenvalue weighted by Gasteiger charge is 2.19. The van der Waals surface area contributed by atoms with E-state index in [4.69, 9.17) is 4.42 Å². The van der Waals surface area contributed by atoms with Crippen molar-refractivity contribution < 1.29 is 9.21 Å². The first-order valence-electron chi connectivity index (χ1n) is 5.82. The number of rotatable bonds is 4. The van der Waals surface area contributed by atoms with Crippen LogP contribution in [0, 0.1) is 0 Å². The Morgan fingerprint density at radius 1 is 1.75 bits per heavy atom. The van der Waals surface area contributed by atoms with Crippen LogP contribution in [-0.4, -0.2) is 18.5 Å². The van der Waals surface area contributed by atoms with E-state index in [0.29, 0.717) is 12.5 Å². The molecule has 0 spiro atoms. The monoisotopic (exact) mass is 222 g/mol. The molecule has 2 N–H and O–H groups in total. The summed E-state index contributed by atoms with van der Waals surface area (Å²) in [6.07, 6.45) is 4.45. The van der Waals surface area contributed by atoms with Crippen LogP contribution < -0.4 is 10.6 Å². The van der Waals surface area contributed by atoms with Crippen LogP contribution in [0.3, 0.4) is 0 Å². The number of hydrogen-bond acceptors (Lipinski definition) is 3. The molecule has 0 aliphatic carbocycles. The zero-order chi connectivity index (χ0) is 11.4. The van der Waals surface area contributed by atoms with Crippen molar-refractivity contribution in [3.8, 4) is 0 Å². The molecule has 0 aromatic carbocycles. The maximum atomic E-state index is 11.7. The highest BCUT2D eigenvalue weighted by molar-refractivity contribution is 5.77. The number of nitrogens with one attached hydrogen (secondary N) is 2. The van der Waals surface area contributed by atoms with E-state index in [-0.39, 0.29) is 11.9 Å². The zero-order valence-corrected chi connectivity index (χ0v) is 9.53. The molecule has 1 unspecified atom stereocenters. The summed E-state index contributed by atoms with van der Waals surface area (Å²) in [6, 6.07) is 4.00. The molecule has 0 radical (unpaired) electrons. The third-order valence-corrected chi connectivity index (χ3v) is 2.94. The van der Waals surface area contributed by atoms with Gasteiger partial charge in [-0.2, -0.15) is 0 Å². The van der Waals surface area contributed by atoms with Crippen molar-refractivity contribution >= 4 is 5.91 Å². The van der Waals surface area contributed by atoms with E-state index in [1.54, 1.807) is 6.26 Å². The fourth-order valence-electron chi connectivity index (χ4n) is 2.06. The standard InChI is InChI=1S/C12H18N2O2/c1-9(11-5-3-7-16-11)14-12(15)8-10-4-2-6-13-10/h3,5,7,9-10,13H,2,4,6,8H2,1H3,(H,14,15)/t9-,10?/m0/s1. The first kappa shape index (κ1) is 11.2. The van der Waals surface area contributed by atoms with E-state index in [2.05, 4.69) is 10.6 Å². The molecule has 1 amide bonds. The summed E-state index contributed by atoms with van der Waals surface area (Å²) in [7, 11) is 0. The number of furan rings is 1. The van der Waals surface area contributed by atoms with Gasteiger partial charge < -0.3 is 15.1 Å². The third kappa shape index (κ3) is 2.85. The van der Waals surface area contributed by atoms with Gasteiger partial charge in [-0.05, 0) is 38.4 Å². The predicted molar refractivity (Wildman–Crippen MR) is 60.9 cm³/mol. The number of hydrogen-bond donors (Lipinski definition) is 2. The fraction of sp³-hybridized carbons (Fsp3) is 0.583. The number of amides is 1. The molecule has 1 aliphatic heterocycles. The highest BCUT2D eigenvalue weighted by atomic mass is 16.3. The minimum atomic E-state index is -0.0519. The van der Waals surface area contributed by atoms with Gasteiger partial charge in [-0.3, -0.25) is 4.79 Å². The van der Waals surface area contributed by atoms with Gasteiger partial charge in [-0.25, -0.2) is 0 Å². The summed E-state index contributed by atoms with van der Waals surface area (Å²) in [5, 5.41) is 6.25. The van der Waals surface area contributed by atoms with Crippen molar-refractivity contribution in [1.82, 2.24) is 10.6 Å². The van der Waals surface area contributed by atoms with Gasteiger partial charge in [-0.15, -0.1) is 0 Å². The summed E-state index contributed by atoms with van der Waals surface area (Å²) in [6.45, 7) is 2.96. The Kier molecular flexibility index (Phi) is 3.62. The van der Waals surface area contributed by atoms with Crippen LogP contribution in [0.5, 0.6) is 0 Å². The molecule has 1 aliphatic rings. The average Bonchev–Trinajstić information content (AvgIpc) is 2.88. The molecular weight excluding hydrogens is 204 g/mol. The first-order chi connectivity index (χ1) is 7.75. The molecule has 88 valence electrons. The molecule has 16 heavy (non-hydrogen) atoms. The topological polar surface area (TPSA) is 54.3 Å². The van der Waals surface area contributed by atoms with Crippen molar-refractivity contribution in [2.45, 2.75) is 38.3 Å². The Bertz CT molecular complexity index is 329. The Balaban J connectivity index is 1.78. The summed E-state index contributed by atoms with van der Waals surface area (Å²) < 4.78 is 5.24. The SMILES string of the molecule is C[C@H](NC(=O)CC1CCCN1)c1ccco1. The molecule has 0 saturated carbocycles. The van der Waals surface area contributed by atoms with Crippen LogP contribution >= 0.6 is 0 Å². The summed E-state index contributed by atoms with van der Waals surface area (Å²) >= 11 is 0. The second-order valence-electron chi connectivity index (χ2n) is 4.30. The van der Waals surface area contributed by atoms with Crippen LogP contribution in [0.4, 0.5) is 0 Å². The summed E-state index contributed by atoms with van der Waals surface area (Å²) in [5.41, 5.74) is 0. The molecule has 2 heterocycles. The second kappa shape index (κ2) is 5.16. The lowest BCUT2D eigenvalue weighted by atomic mass is 10.1. The Morgan fingerprint density at radius 2 is 2.62 bits per heavy atom. The fourth-order valence-corrected chi connectivity index (χ4v) is 2.06. The summed E-state index contributed by atoms with van der Waals surface area (Å²) in [5.74, 6) is 0.885. The second-order valence-corrected chi connectivity index (χ2v) is 4.30. The largest absolute Gasteiger partial charge is 0.467 e. The minimum absolute atomic E-state index is 0.0519. The lowest BCUT2D eigenvalue weighted by molar-refractivity contribution is -0.122. The van der Waals surface area contributed by atoms with Crippen LogP contribution in [0.2, 0.25) is 0 Å². The van der Waals surface area contributed by atoms with E-state index in [9.17, 15) is 4.79 Å². The maximum Gasteiger partial charge on any atom is 0.222 e.